The molecule has 0 bridgehead atoms. The van der Waals surface area contributed by atoms with Gasteiger partial charge < -0.3 is 35.7 Å². The van der Waals surface area contributed by atoms with Crippen LogP contribution in [0.25, 0.3) is 10.8 Å². The van der Waals surface area contributed by atoms with E-state index in [1.54, 1.807) is 19.1 Å². The molecule has 0 spiro atoms. The Labute approximate surface area is 138 Å². The maximum absolute atomic E-state index is 10.1. The van der Waals surface area contributed by atoms with Crippen molar-refractivity contribution in [3.8, 4) is 11.5 Å². The number of hydrogen-bond donors (Lipinski definition) is 7. The normalized spacial score (nSPS) is 16.8. The van der Waals surface area contributed by atoms with Crippen LogP contribution in [0.1, 0.15) is 11.1 Å². The van der Waals surface area contributed by atoms with E-state index in [2.05, 4.69) is 0 Å². The highest BCUT2D eigenvalue weighted by atomic mass is 16.4. The molecule has 7 heteroatoms. The third kappa shape index (κ3) is 3.77. The Balaban J connectivity index is 2.27. The molecule has 7 N–H and O–H groups in total. The highest BCUT2D eigenvalue weighted by Gasteiger charge is 2.30. The summed E-state index contributed by atoms with van der Waals surface area (Å²) in [5.74, 6) is -0.228. The zero-order chi connectivity index (χ0) is 18.0. The van der Waals surface area contributed by atoms with Crippen molar-refractivity contribution in [1.82, 2.24) is 0 Å². The van der Waals surface area contributed by atoms with Gasteiger partial charge in [-0.05, 0) is 35.6 Å². The van der Waals surface area contributed by atoms with Crippen LogP contribution in [0.4, 0.5) is 0 Å². The van der Waals surface area contributed by atoms with Crippen LogP contribution in [0, 0.1) is 6.92 Å². The predicted molar refractivity (Wildman–Crippen MR) is 86.8 cm³/mol. The molecule has 0 aliphatic rings. The molecule has 0 saturated heterocycles. The van der Waals surface area contributed by atoms with Gasteiger partial charge in [0.2, 0.25) is 0 Å². The summed E-state index contributed by atoms with van der Waals surface area (Å²) in [5.41, 5.74) is 1.26. The number of rotatable bonds is 6. The third-order valence-electron chi connectivity index (χ3n) is 3.98. The van der Waals surface area contributed by atoms with Crippen LogP contribution < -0.4 is 0 Å². The number of benzene rings is 2. The van der Waals surface area contributed by atoms with Crippen molar-refractivity contribution in [1.29, 1.82) is 0 Å². The van der Waals surface area contributed by atoms with Gasteiger partial charge in [-0.2, -0.15) is 0 Å². The molecule has 4 unspecified atom stereocenters. The fraction of sp³-hybridized carbons (Fsp3) is 0.412. The molecule has 0 aliphatic heterocycles. The molecule has 24 heavy (non-hydrogen) atoms. The van der Waals surface area contributed by atoms with Gasteiger partial charge in [0, 0.05) is 6.42 Å². The minimum Gasteiger partial charge on any atom is -0.507 e. The molecule has 7 nitrogen and oxygen atoms in total. The minimum absolute atomic E-state index is 0.0591. The fourth-order valence-corrected chi connectivity index (χ4v) is 2.72. The number of hydrogen-bond acceptors (Lipinski definition) is 7. The molecular weight excluding hydrogens is 316 g/mol. The Hall–Kier alpha value is -1.90. The predicted octanol–water partition coefficient (Wildman–Crippen LogP) is -0.462. The summed E-state index contributed by atoms with van der Waals surface area (Å²) in [6.07, 6.45) is -6.47. The topological polar surface area (TPSA) is 142 Å². The average molecular weight is 338 g/mol. The Morgan fingerprint density at radius 2 is 1.42 bits per heavy atom. The first kappa shape index (κ1) is 18.4. The summed E-state index contributed by atoms with van der Waals surface area (Å²) in [6.45, 7) is 1.04. The Morgan fingerprint density at radius 1 is 0.833 bits per heavy atom. The van der Waals surface area contributed by atoms with Gasteiger partial charge in [-0.3, -0.25) is 0 Å². The van der Waals surface area contributed by atoms with Crippen LogP contribution in [-0.4, -0.2) is 66.8 Å². The van der Waals surface area contributed by atoms with Crippen molar-refractivity contribution in [2.24, 2.45) is 0 Å². The van der Waals surface area contributed by atoms with Crippen molar-refractivity contribution < 1.29 is 35.7 Å². The number of fused-ring (bicyclic) bond motifs is 1. The van der Waals surface area contributed by atoms with E-state index in [4.69, 9.17) is 5.11 Å². The van der Waals surface area contributed by atoms with E-state index in [1.807, 2.05) is 0 Å². The summed E-state index contributed by atoms with van der Waals surface area (Å²) >= 11 is 0. The lowest BCUT2D eigenvalue weighted by Gasteiger charge is -2.25. The van der Waals surface area contributed by atoms with E-state index in [1.165, 1.54) is 12.1 Å². The molecule has 0 radical (unpaired) electrons. The van der Waals surface area contributed by atoms with E-state index in [0.717, 1.165) is 5.56 Å². The van der Waals surface area contributed by atoms with Gasteiger partial charge in [0.05, 0.1) is 18.1 Å². The van der Waals surface area contributed by atoms with Crippen molar-refractivity contribution in [3.63, 3.8) is 0 Å². The number of aromatic hydroxyl groups is 2. The zero-order valence-corrected chi connectivity index (χ0v) is 13.2. The molecule has 0 aromatic heterocycles. The van der Waals surface area contributed by atoms with E-state index < -0.39 is 31.0 Å². The average Bonchev–Trinajstić information content (AvgIpc) is 2.51. The van der Waals surface area contributed by atoms with Gasteiger partial charge in [0.15, 0.2) is 0 Å². The van der Waals surface area contributed by atoms with Gasteiger partial charge in [0.25, 0.3) is 0 Å². The van der Waals surface area contributed by atoms with Gasteiger partial charge in [-0.15, -0.1) is 0 Å². The second kappa shape index (κ2) is 7.33. The summed E-state index contributed by atoms with van der Waals surface area (Å²) in [6, 6.07) is 6.27. The molecule has 0 heterocycles. The Kier molecular flexibility index (Phi) is 5.63. The smallest absolute Gasteiger partial charge is 0.127 e. The monoisotopic (exact) mass is 338 g/mol. The van der Waals surface area contributed by atoms with Gasteiger partial charge >= 0.3 is 0 Å². The summed E-state index contributed by atoms with van der Waals surface area (Å²) < 4.78 is 0. The quantitative estimate of drug-likeness (QED) is 0.378. The van der Waals surface area contributed by atoms with Crippen molar-refractivity contribution in [2.45, 2.75) is 37.8 Å². The SMILES string of the molecule is Cc1cc(O)c2c(O)cc(CC(O)C(O)C(O)C(O)CO)cc2c1. The number of phenols is 2. The molecule has 0 amide bonds. The van der Waals surface area contributed by atoms with Crippen LogP contribution in [0.2, 0.25) is 0 Å². The summed E-state index contributed by atoms with van der Waals surface area (Å²) in [7, 11) is 0. The second-order valence-electron chi connectivity index (χ2n) is 6.00. The van der Waals surface area contributed by atoms with Crippen LogP contribution in [0.5, 0.6) is 11.5 Å². The maximum Gasteiger partial charge on any atom is 0.127 e. The lowest BCUT2D eigenvalue weighted by Crippen LogP contribution is -2.46. The van der Waals surface area contributed by atoms with Crippen molar-refractivity contribution in [3.05, 3.63) is 35.4 Å². The van der Waals surface area contributed by atoms with Crippen LogP contribution >= 0.6 is 0 Å². The highest BCUT2D eigenvalue weighted by molar-refractivity contribution is 5.94. The number of phenolic OH excluding ortho intramolecular Hbond substituents is 2. The van der Waals surface area contributed by atoms with Gasteiger partial charge in [-0.25, -0.2) is 0 Å². The molecule has 2 aromatic carbocycles. The highest BCUT2D eigenvalue weighted by Crippen LogP contribution is 2.35. The van der Waals surface area contributed by atoms with Crippen LogP contribution in [-0.2, 0) is 6.42 Å². The summed E-state index contributed by atoms with van der Waals surface area (Å²) in [4.78, 5) is 0. The number of aryl methyl sites for hydroxylation is 1. The molecule has 132 valence electrons. The van der Waals surface area contributed by atoms with E-state index in [0.29, 0.717) is 10.9 Å². The van der Waals surface area contributed by atoms with Gasteiger partial charge in [-0.1, -0.05) is 12.1 Å². The minimum atomic E-state index is -1.70. The van der Waals surface area contributed by atoms with E-state index in [-0.39, 0.29) is 23.3 Å². The molecular formula is C17H22O7. The first-order valence-corrected chi connectivity index (χ1v) is 7.53. The molecule has 0 saturated carbocycles. The fourth-order valence-electron chi connectivity index (χ4n) is 2.72. The standard InChI is InChI=1S/C17H22O7/c1-8-2-10-4-9(5-12(20)15(10)11(19)3-8)6-13(21)16(23)17(24)14(22)7-18/h2-5,13-14,16-24H,6-7H2,1H3. The summed E-state index contributed by atoms with van der Waals surface area (Å²) in [5, 5.41) is 68.5. The number of aliphatic hydroxyl groups is 5. The van der Waals surface area contributed by atoms with Crippen LogP contribution in [0.15, 0.2) is 24.3 Å². The lowest BCUT2D eigenvalue weighted by molar-refractivity contribution is -0.114. The Bertz CT molecular complexity index is 716. The second-order valence-corrected chi connectivity index (χ2v) is 6.00. The van der Waals surface area contributed by atoms with E-state index >= 15 is 0 Å². The van der Waals surface area contributed by atoms with Crippen molar-refractivity contribution in [2.75, 3.05) is 6.61 Å². The molecule has 4 atom stereocenters. The zero-order valence-electron chi connectivity index (χ0n) is 13.2. The third-order valence-corrected chi connectivity index (χ3v) is 3.98. The lowest BCUT2D eigenvalue weighted by atomic mass is 9.95. The van der Waals surface area contributed by atoms with E-state index in [9.17, 15) is 30.6 Å². The Morgan fingerprint density at radius 3 is 2.04 bits per heavy atom. The van der Waals surface area contributed by atoms with Gasteiger partial charge in [0.1, 0.15) is 29.8 Å². The maximum atomic E-state index is 10.1. The largest absolute Gasteiger partial charge is 0.507 e. The first-order chi connectivity index (χ1) is 11.2. The molecule has 0 fully saturated rings. The molecule has 0 aliphatic carbocycles. The first-order valence-electron chi connectivity index (χ1n) is 7.53. The van der Waals surface area contributed by atoms with Crippen LogP contribution in [0.3, 0.4) is 0 Å². The molecule has 2 rings (SSSR count). The number of aliphatic hydroxyl groups excluding tert-OH is 5. The molecule has 2 aromatic rings. The van der Waals surface area contributed by atoms with Crippen molar-refractivity contribution >= 4 is 10.8 Å².